The van der Waals surface area contributed by atoms with Crippen molar-refractivity contribution in [3.63, 3.8) is 0 Å². The van der Waals surface area contributed by atoms with Gasteiger partial charge in [0.05, 0.1) is 25.0 Å². The van der Waals surface area contributed by atoms with Crippen molar-refractivity contribution >= 4 is 11.9 Å². The monoisotopic (exact) mass is 292 g/mol. The van der Waals surface area contributed by atoms with Crippen LogP contribution in [0.2, 0.25) is 0 Å². The van der Waals surface area contributed by atoms with Gasteiger partial charge in [-0.3, -0.25) is 9.59 Å². The van der Waals surface area contributed by atoms with Crippen LogP contribution in [0.3, 0.4) is 0 Å². The van der Waals surface area contributed by atoms with Gasteiger partial charge < -0.3 is 14.2 Å². The minimum Gasteiger partial charge on any atom is -0.461 e. The maximum absolute atomic E-state index is 11.4. The second kappa shape index (κ2) is 6.43. The summed E-state index contributed by atoms with van der Waals surface area (Å²) in [6.45, 7) is 1.60. The average Bonchev–Trinajstić information content (AvgIpc) is 3.37. The van der Waals surface area contributed by atoms with E-state index in [1.54, 1.807) is 0 Å². The van der Waals surface area contributed by atoms with Gasteiger partial charge in [0.15, 0.2) is 0 Å². The molecule has 0 spiro atoms. The number of rotatable bonds is 6. The third-order valence-corrected chi connectivity index (χ3v) is 3.86. The van der Waals surface area contributed by atoms with E-state index in [0.717, 1.165) is 36.8 Å². The fraction of sp³-hybridized carbons (Fsp3) is 0.625. The highest BCUT2D eigenvalue weighted by atomic mass is 16.5. The molecule has 0 aromatic carbocycles. The number of hydrogen-bond donors (Lipinski definition) is 0. The number of carbonyl (C=O) groups excluding carboxylic acids is 2. The third-order valence-electron chi connectivity index (χ3n) is 3.86. The molecule has 1 saturated heterocycles. The molecule has 0 N–H and O–H groups in total. The van der Waals surface area contributed by atoms with Crippen LogP contribution < -0.4 is 0 Å². The molecular weight excluding hydrogens is 272 g/mol. The van der Waals surface area contributed by atoms with Gasteiger partial charge in [-0.05, 0) is 49.0 Å². The molecule has 0 amide bonds. The van der Waals surface area contributed by atoms with Crippen molar-refractivity contribution in [2.75, 3.05) is 26.4 Å². The van der Waals surface area contributed by atoms with Crippen LogP contribution in [0, 0.1) is 11.8 Å². The highest BCUT2D eigenvalue weighted by molar-refractivity contribution is 5.75. The van der Waals surface area contributed by atoms with Crippen molar-refractivity contribution in [1.82, 2.24) is 0 Å². The molecule has 0 aromatic heterocycles. The summed E-state index contributed by atoms with van der Waals surface area (Å²) in [5.41, 5.74) is 2.03. The van der Waals surface area contributed by atoms with E-state index in [0.29, 0.717) is 13.2 Å². The van der Waals surface area contributed by atoms with Crippen LogP contribution in [-0.4, -0.2) is 38.4 Å². The number of esters is 2. The van der Waals surface area contributed by atoms with Gasteiger partial charge in [0.25, 0.3) is 0 Å². The lowest BCUT2D eigenvalue weighted by molar-refractivity contribution is -0.144. The Balaban J connectivity index is 1.44. The number of hydrogen-bond acceptors (Lipinski definition) is 5. The van der Waals surface area contributed by atoms with Gasteiger partial charge in [0.2, 0.25) is 0 Å². The molecule has 0 unspecified atom stereocenters. The molecular formula is C16H20O5. The van der Waals surface area contributed by atoms with Crippen molar-refractivity contribution in [1.29, 1.82) is 0 Å². The molecule has 2 saturated carbocycles. The summed E-state index contributed by atoms with van der Waals surface area (Å²) in [5, 5.41) is 0. The summed E-state index contributed by atoms with van der Waals surface area (Å²) in [6.07, 6.45) is 7.57. The van der Waals surface area contributed by atoms with E-state index < -0.39 is 0 Å². The van der Waals surface area contributed by atoms with E-state index >= 15 is 0 Å². The molecule has 3 rings (SSSR count). The molecule has 0 radical (unpaired) electrons. The van der Waals surface area contributed by atoms with E-state index in [1.807, 2.05) is 12.2 Å². The molecule has 0 bridgehead atoms. The first-order chi connectivity index (χ1) is 10.2. The van der Waals surface area contributed by atoms with Crippen LogP contribution in [0.15, 0.2) is 23.3 Å². The van der Waals surface area contributed by atoms with Crippen molar-refractivity contribution in [2.24, 2.45) is 11.8 Å². The van der Waals surface area contributed by atoms with Gasteiger partial charge in [-0.1, -0.05) is 0 Å². The largest absolute Gasteiger partial charge is 0.461 e. The standard InChI is InChI=1S/C16H20O5/c17-15(11-1-2-11)20-7-5-13-9-19-10-14(13)6-8-21-16(18)12-3-4-12/h5-6,11-12H,1-4,7-10H2. The molecule has 5 nitrogen and oxygen atoms in total. The van der Waals surface area contributed by atoms with Crippen LogP contribution >= 0.6 is 0 Å². The lowest BCUT2D eigenvalue weighted by Gasteiger charge is -2.03. The minimum atomic E-state index is -0.102. The van der Waals surface area contributed by atoms with Crippen molar-refractivity contribution in [3.05, 3.63) is 23.3 Å². The van der Waals surface area contributed by atoms with Crippen LogP contribution in [0.5, 0.6) is 0 Å². The molecule has 1 heterocycles. The smallest absolute Gasteiger partial charge is 0.309 e. The van der Waals surface area contributed by atoms with Crippen molar-refractivity contribution < 1.29 is 23.8 Å². The van der Waals surface area contributed by atoms with Crippen molar-refractivity contribution in [3.8, 4) is 0 Å². The fourth-order valence-electron chi connectivity index (χ4n) is 2.16. The molecule has 5 heteroatoms. The van der Waals surface area contributed by atoms with E-state index in [2.05, 4.69) is 0 Å². The molecule has 0 aromatic rings. The quantitative estimate of drug-likeness (QED) is 0.698. The maximum atomic E-state index is 11.4. The Morgan fingerprint density at radius 1 is 0.905 bits per heavy atom. The molecule has 2 aliphatic carbocycles. The Bertz CT molecular complexity index is 439. The van der Waals surface area contributed by atoms with E-state index in [4.69, 9.17) is 14.2 Å². The van der Waals surface area contributed by atoms with Gasteiger partial charge >= 0.3 is 11.9 Å². The molecule has 3 fully saturated rings. The normalized spacial score (nSPS) is 25.3. The van der Waals surface area contributed by atoms with Gasteiger partial charge in [-0.15, -0.1) is 0 Å². The lowest BCUT2D eigenvalue weighted by Crippen LogP contribution is -2.07. The van der Waals surface area contributed by atoms with Crippen LogP contribution in [0.1, 0.15) is 25.7 Å². The summed E-state index contributed by atoms with van der Waals surface area (Å²) >= 11 is 0. The average molecular weight is 292 g/mol. The Labute approximate surface area is 123 Å². The Hall–Kier alpha value is -1.62. The second-order valence-electron chi connectivity index (χ2n) is 5.76. The molecule has 3 aliphatic rings. The maximum Gasteiger partial charge on any atom is 0.309 e. The molecule has 1 aliphatic heterocycles. The number of carbonyl (C=O) groups is 2. The topological polar surface area (TPSA) is 61.8 Å². The Morgan fingerprint density at radius 2 is 1.33 bits per heavy atom. The van der Waals surface area contributed by atoms with E-state index in [-0.39, 0.29) is 37.0 Å². The van der Waals surface area contributed by atoms with Crippen LogP contribution in [0.4, 0.5) is 0 Å². The predicted molar refractivity (Wildman–Crippen MR) is 74.4 cm³/mol. The zero-order chi connectivity index (χ0) is 14.7. The number of ether oxygens (including phenoxy) is 3. The zero-order valence-corrected chi connectivity index (χ0v) is 12.0. The second-order valence-corrected chi connectivity index (χ2v) is 5.76. The Kier molecular flexibility index (Phi) is 4.39. The fourth-order valence-corrected chi connectivity index (χ4v) is 2.16. The summed E-state index contributed by atoms with van der Waals surface area (Å²) in [7, 11) is 0. The summed E-state index contributed by atoms with van der Waals surface area (Å²) < 4.78 is 15.7. The first-order valence-corrected chi connectivity index (χ1v) is 7.53. The van der Waals surface area contributed by atoms with E-state index in [9.17, 15) is 9.59 Å². The summed E-state index contributed by atoms with van der Waals surface area (Å²) in [4.78, 5) is 22.8. The van der Waals surface area contributed by atoms with Gasteiger partial charge in [-0.2, -0.15) is 0 Å². The zero-order valence-electron chi connectivity index (χ0n) is 12.0. The molecule has 21 heavy (non-hydrogen) atoms. The minimum absolute atomic E-state index is 0.102. The van der Waals surface area contributed by atoms with Gasteiger partial charge in [-0.25, -0.2) is 0 Å². The highest BCUT2D eigenvalue weighted by Crippen LogP contribution is 2.30. The van der Waals surface area contributed by atoms with Crippen molar-refractivity contribution in [2.45, 2.75) is 25.7 Å². The summed E-state index contributed by atoms with van der Waals surface area (Å²) in [5.74, 6) is 0.0458. The first kappa shape index (κ1) is 14.3. The third kappa shape index (κ3) is 4.17. The lowest BCUT2D eigenvalue weighted by atomic mass is 10.1. The van der Waals surface area contributed by atoms with Crippen LogP contribution in [-0.2, 0) is 23.8 Å². The summed E-state index contributed by atoms with van der Waals surface area (Å²) in [6, 6.07) is 0. The Morgan fingerprint density at radius 3 is 1.71 bits per heavy atom. The predicted octanol–water partition coefficient (Wildman–Crippen LogP) is 1.78. The van der Waals surface area contributed by atoms with Gasteiger partial charge in [0, 0.05) is 0 Å². The van der Waals surface area contributed by atoms with Gasteiger partial charge in [0.1, 0.15) is 13.2 Å². The molecule has 114 valence electrons. The van der Waals surface area contributed by atoms with E-state index in [1.165, 1.54) is 0 Å². The first-order valence-electron chi connectivity index (χ1n) is 7.53. The SMILES string of the molecule is O=C(OCC=C1COCC1=CCOC(=O)C1CC1)C1CC1. The molecule has 0 atom stereocenters. The highest BCUT2D eigenvalue weighted by Gasteiger charge is 2.31. The van der Waals surface area contributed by atoms with Crippen LogP contribution in [0.25, 0.3) is 0 Å².